The van der Waals surface area contributed by atoms with Crippen LogP contribution >= 0.6 is 11.8 Å². The van der Waals surface area contributed by atoms with Crippen LogP contribution in [0.1, 0.15) is 50.9 Å². The average molecular weight is 308 g/mol. The molecule has 5 heteroatoms. The van der Waals surface area contributed by atoms with E-state index in [2.05, 4.69) is 48.2 Å². The Balaban J connectivity index is 2.10. The number of thioether (sulfide) groups is 1. The lowest BCUT2D eigenvalue weighted by molar-refractivity contribution is 0.794. The van der Waals surface area contributed by atoms with Crippen molar-refractivity contribution in [2.75, 3.05) is 29.5 Å². The second kappa shape index (κ2) is 8.47. The van der Waals surface area contributed by atoms with Crippen LogP contribution in [0.4, 0.5) is 11.6 Å². The molecule has 1 aliphatic heterocycles. The summed E-state index contributed by atoms with van der Waals surface area (Å²) in [6, 6.07) is 0. The van der Waals surface area contributed by atoms with Crippen LogP contribution in [-0.2, 0) is 6.42 Å². The van der Waals surface area contributed by atoms with Crippen molar-refractivity contribution in [3.05, 3.63) is 11.4 Å². The second-order valence-corrected chi connectivity index (χ2v) is 7.06. The maximum absolute atomic E-state index is 4.72. The average Bonchev–Trinajstić information content (AvgIpc) is 2.99. The van der Waals surface area contributed by atoms with E-state index in [0.29, 0.717) is 0 Å². The number of hydrogen-bond acceptors (Lipinski definition) is 5. The van der Waals surface area contributed by atoms with Crippen LogP contribution in [0, 0.1) is 6.92 Å². The number of anilines is 2. The Hall–Kier alpha value is -0.970. The summed E-state index contributed by atoms with van der Waals surface area (Å²) in [4.78, 5) is 9.39. The summed E-state index contributed by atoms with van der Waals surface area (Å²) in [7, 11) is 0. The first-order chi connectivity index (χ1) is 10.2. The number of aromatic nitrogens is 2. The monoisotopic (exact) mass is 308 g/mol. The molecule has 0 radical (unpaired) electrons. The van der Waals surface area contributed by atoms with Crippen molar-refractivity contribution in [2.24, 2.45) is 0 Å². The van der Waals surface area contributed by atoms with E-state index >= 15 is 0 Å². The molecule has 2 rings (SSSR count). The molecule has 1 fully saturated rings. The van der Waals surface area contributed by atoms with Crippen molar-refractivity contribution in [2.45, 2.75) is 58.1 Å². The molecule has 0 aromatic carbocycles. The second-order valence-electron chi connectivity index (χ2n) is 5.65. The van der Waals surface area contributed by atoms with Gasteiger partial charge in [-0.3, -0.25) is 0 Å². The fourth-order valence-electron chi connectivity index (χ4n) is 2.50. The molecule has 0 amide bonds. The van der Waals surface area contributed by atoms with E-state index in [0.717, 1.165) is 60.6 Å². The standard InChI is InChI=1S/C16H28N4S/c1-4-7-14-19-15(17-9-5-2)12(3)16(20-14)18-11-13-8-6-10-21-13/h13H,4-11H2,1-3H3,(H2,17,18,19,20). The highest BCUT2D eigenvalue weighted by molar-refractivity contribution is 8.00. The first-order valence-corrected chi connectivity index (χ1v) is 9.26. The van der Waals surface area contributed by atoms with Crippen LogP contribution in [0.5, 0.6) is 0 Å². The zero-order valence-corrected chi connectivity index (χ0v) is 14.4. The van der Waals surface area contributed by atoms with Gasteiger partial charge in [0.05, 0.1) is 0 Å². The van der Waals surface area contributed by atoms with Gasteiger partial charge in [-0.05, 0) is 38.4 Å². The van der Waals surface area contributed by atoms with Gasteiger partial charge in [0.15, 0.2) is 0 Å². The zero-order chi connectivity index (χ0) is 15.1. The highest BCUT2D eigenvalue weighted by Gasteiger charge is 2.17. The fraction of sp³-hybridized carbons (Fsp3) is 0.750. The van der Waals surface area contributed by atoms with E-state index < -0.39 is 0 Å². The Morgan fingerprint density at radius 1 is 1.14 bits per heavy atom. The first-order valence-electron chi connectivity index (χ1n) is 8.21. The Kier molecular flexibility index (Phi) is 6.61. The summed E-state index contributed by atoms with van der Waals surface area (Å²) in [5.41, 5.74) is 1.14. The molecule has 4 nitrogen and oxygen atoms in total. The van der Waals surface area contributed by atoms with Crippen molar-refractivity contribution in [3.8, 4) is 0 Å². The van der Waals surface area contributed by atoms with Gasteiger partial charge in [0, 0.05) is 30.3 Å². The van der Waals surface area contributed by atoms with Gasteiger partial charge in [-0.25, -0.2) is 9.97 Å². The number of nitrogens with one attached hydrogen (secondary N) is 2. The molecular weight excluding hydrogens is 280 g/mol. The lowest BCUT2D eigenvalue weighted by Gasteiger charge is -2.16. The predicted molar refractivity (Wildman–Crippen MR) is 93.5 cm³/mol. The van der Waals surface area contributed by atoms with Gasteiger partial charge in [0.2, 0.25) is 0 Å². The van der Waals surface area contributed by atoms with Gasteiger partial charge in [0.25, 0.3) is 0 Å². The van der Waals surface area contributed by atoms with E-state index in [-0.39, 0.29) is 0 Å². The molecule has 1 aliphatic rings. The van der Waals surface area contributed by atoms with Crippen molar-refractivity contribution in [1.29, 1.82) is 0 Å². The van der Waals surface area contributed by atoms with Gasteiger partial charge >= 0.3 is 0 Å². The van der Waals surface area contributed by atoms with Crippen LogP contribution in [0.15, 0.2) is 0 Å². The lowest BCUT2D eigenvalue weighted by atomic mass is 10.2. The van der Waals surface area contributed by atoms with Crippen molar-refractivity contribution >= 4 is 23.4 Å². The van der Waals surface area contributed by atoms with Crippen molar-refractivity contribution < 1.29 is 0 Å². The predicted octanol–water partition coefficient (Wildman–Crippen LogP) is 3.87. The van der Waals surface area contributed by atoms with E-state index in [1.54, 1.807) is 0 Å². The lowest BCUT2D eigenvalue weighted by Crippen LogP contribution is -2.17. The summed E-state index contributed by atoms with van der Waals surface area (Å²) in [5.74, 6) is 4.26. The number of nitrogens with zero attached hydrogens (tertiary/aromatic N) is 2. The molecule has 0 bridgehead atoms. The maximum Gasteiger partial charge on any atom is 0.134 e. The molecule has 0 spiro atoms. The topological polar surface area (TPSA) is 49.8 Å². The van der Waals surface area contributed by atoms with Crippen LogP contribution < -0.4 is 10.6 Å². The molecular formula is C16H28N4S. The summed E-state index contributed by atoms with van der Waals surface area (Å²) in [6.45, 7) is 8.43. The number of hydrogen-bond donors (Lipinski definition) is 2. The van der Waals surface area contributed by atoms with Gasteiger partial charge in [0.1, 0.15) is 17.5 Å². The largest absolute Gasteiger partial charge is 0.370 e. The van der Waals surface area contributed by atoms with Gasteiger partial charge in [-0.15, -0.1) is 0 Å². The summed E-state index contributed by atoms with van der Waals surface area (Å²) >= 11 is 2.08. The summed E-state index contributed by atoms with van der Waals surface area (Å²) < 4.78 is 0. The van der Waals surface area contributed by atoms with Crippen LogP contribution in [0.2, 0.25) is 0 Å². The third kappa shape index (κ3) is 4.77. The van der Waals surface area contributed by atoms with Crippen LogP contribution in [0.3, 0.4) is 0 Å². The highest BCUT2D eigenvalue weighted by Crippen LogP contribution is 2.27. The van der Waals surface area contributed by atoms with Crippen molar-refractivity contribution in [3.63, 3.8) is 0 Å². The smallest absolute Gasteiger partial charge is 0.134 e. The van der Waals surface area contributed by atoms with E-state index in [1.165, 1.54) is 18.6 Å². The molecule has 1 aromatic heterocycles. The molecule has 1 saturated heterocycles. The third-order valence-electron chi connectivity index (χ3n) is 3.73. The summed E-state index contributed by atoms with van der Waals surface area (Å²) in [5, 5.41) is 7.73. The molecule has 118 valence electrons. The van der Waals surface area contributed by atoms with E-state index in [9.17, 15) is 0 Å². The van der Waals surface area contributed by atoms with Gasteiger partial charge in [-0.2, -0.15) is 11.8 Å². The maximum atomic E-state index is 4.72. The Morgan fingerprint density at radius 3 is 2.52 bits per heavy atom. The first kappa shape index (κ1) is 16.4. The minimum Gasteiger partial charge on any atom is -0.370 e. The Labute approximate surface area is 132 Å². The minimum absolute atomic E-state index is 0.737. The molecule has 1 aromatic rings. The molecule has 1 unspecified atom stereocenters. The number of rotatable bonds is 8. The zero-order valence-electron chi connectivity index (χ0n) is 13.5. The van der Waals surface area contributed by atoms with Crippen molar-refractivity contribution in [1.82, 2.24) is 9.97 Å². The molecule has 0 saturated carbocycles. The number of aryl methyl sites for hydroxylation is 1. The highest BCUT2D eigenvalue weighted by atomic mass is 32.2. The minimum atomic E-state index is 0.737. The van der Waals surface area contributed by atoms with Gasteiger partial charge < -0.3 is 10.6 Å². The molecule has 2 heterocycles. The normalized spacial score (nSPS) is 18.0. The molecule has 21 heavy (non-hydrogen) atoms. The Bertz CT molecular complexity index is 444. The third-order valence-corrected chi connectivity index (χ3v) is 5.13. The molecule has 2 N–H and O–H groups in total. The molecule has 0 aliphatic carbocycles. The van der Waals surface area contributed by atoms with E-state index in [1.807, 2.05) is 0 Å². The van der Waals surface area contributed by atoms with Crippen LogP contribution in [0.25, 0.3) is 0 Å². The quantitative estimate of drug-likeness (QED) is 0.763. The van der Waals surface area contributed by atoms with Crippen LogP contribution in [-0.4, -0.2) is 34.1 Å². The SMILES string of the molecule is CCCNc1nc(CCC)nc(NCC2CCCS2)c1C. The van der Waals surface area contributed by atoms with E-state index in [4.69, 9.17) is 4.98 Å². The fourth-order valence-corrected chi connectivity index (χ4v) is 3.70. The summed E-state index contributed by atoms with van der Waals surface area (Å²) in [6.07, 6.45) is 5.80. The molecule has 1 atom stereocenters. The Morgan fingerprint density at radius 2 is 1.90 bits per heavy atom. The van der Waals surface area contributed by atoms with Gasteiger partial charge in [-0.1, -0.05) is 13.8 Å².